The Morgan fingerprint density at radius 1 is 1.32 bits per heavy atom. The molecular formula is C13H18N4O2. The fourth-order valence-electron chi connectivity index (χ4n) is 3.22. The lowest BCUT2D eigenvalue weighted by atomic mass is 9.99. The van der Waals surface area contributed by atoms with Crippen LogP contribution in [0, 0.1) is 10.1 Å². The van der Waals surface area contributed by atoms with Gasteiger partial charge in [-0.05, 0) is 37.8 Å². The number of nitrogens with zero attached hydrogens (tertiary/aromatic N) is 1. The number of hydrogen-bond donors (Lipinski definition) is 3. The number of benzene rings is 1. The van der Waals surface area contributed by atoms with Crippen LogP contribution in [-0.4, -0.2) is 23.0 Å². The first kappa shape index (κ1) is 12.2. The summed E-state index contributed by atoms with van der Waals surface area (Å²) >= 11 is 0. The molecule has 0 spiro atoms. The molecule has 6 nitrogen and oxygen atoms in total. The normalized spacial score (nSPS) is 29.2. The number of nitro groups is 1. The van der Waals surface area contributed by atoms with E-state index in [0.717, 1.165) is 18.5 Å². The second kappa shape index (κ2) is 4.70. The van der Waals surface area contributed by atoms with Crippen LogP contribution in [0.25, 0.3) is 0 Å². The maximum Gasteiger partial charge on any atom is 0.292 e. The third-order valence-corrected chi connectivity index (χ3v) is 4.07. The third kappa shape index (κ3) is 2.49. The van der Waals surface area contributed by atoms with Crippen molar-refractivity contribution in [1.29, 1.82) is 0 Å². The van der Waals surface area contributed by atoms with E-state index in [1.54, 1.807) is 12.1 Å². The predicted molar refractivity (Wildman–Crippen MR) is 74.1 cm³/mol. The second-order valence-corrected chi connectivity index (χ2v) is 5.48. The van der Waals surface area contributed by atoms with Gasteiger partial charge < -0.3 is 16.4 Å². The first-order valence-corrected chi connectivity index (χ1v) is 6.68. The van der Waals surface area contributed by atoms with Crippen LogP contribution in [0.1, 0.15) is 25.7 Å². The van der Waals surface area contributed by atoms with Gasteiger partial charge in [-0.25, -0.2) is 0 Å². The highest BCUT2D eigenvalue weighted by molar-refractivity contribution is 5.66. The molecule has 2 fully saturated rings. The molecule has 4 N–H and O–H groups in total. The molecule has 2 atom stereocenters. The van der Waals surface area contributed by atoms with Crippen LogP contribution >= 0.6 is 0 Å². The highest BCUT2D eigenvalue weighted by Gasteiger charge is 2.33. The molecular weight excluding hydrogens is 244 g/mol. The van der Waals surface area contributed by atoms with Crippen LogP contribution < -0.4 is 16.4 Å². The molecule has 1 aromatic rings. The van der Waals surface area contributed by atoms with Crippen molar-refractivity contribution >= 4 is 17.1 Å². The monoisotopic (exact) mass is 262 g/mol. The summed E-state index contributed by atoms with van der Waals surface area (Å²) in [5.74, 6) is 0. The zero-order valence-corrected chi connectivity index (χ0v) is 10.6. The maximum atomic E-state index is 10.7. The summed E-state index contributed by atoms with van der Waals surface area (Å²) in [6, 6.07) is 6.52. The topological polar surface area (TPSA) is 93.2 Å². The van der Waals surface area contributed by atoms with Crippen LogP contribution in [0.2, 0.25) is 0 Å². The zero-order chi connectivity index (χ0) is 13.4. The molecule has 0 saturated carbocycles. The highest BCUT2D eigenvalue weighted by atomic mass is 16.6. The minimum Gasteiger partial charge on any atom is -0.393 e. The summed E-state index contributed by atoms with van der Waals surface area (Å²) in [5, 5.41) is 17.7. The molecule has 2 bridgehead atoms. The highest BCUT2D eigenvalue weighted by Crippen LogP contribution is 2.30. The Labute approximate surface area is 111 Å². The minimum absolute atomic E-state index is 0.0315. The number of nitrogen functional groups attached to an aromatic ring is 1. The molecule has 2 heterocycles. The first-order chi connectivity index (χ1) is 9.11. The molecule has 3 rings (SSSR count). The Morgan fingerprint density at radius 2 is 2.00 bits per heavy atom. The first-order valence-electron chi connectivity index (χ1n) is 6.68. The van der Waals surface area contributed by atoms with Crippen molar-refractivity contribution in [1.82, 2.24) is 5.32 Å². The number of nitrogens with one attached hydrogen (secondary N) is 2. The maximum absolute atomic E-state index is 10.7. The van der Waals surface area contributed by atoms with Gasteiger partial charge in [-0.15, -0.1) is 0 Å². The van der Waals surface area contributed by atoms with Crippen molar-refractivity contribution in [3.05, 3.63) is 28.3 Å². The molecule has 2 aliphatic heterocycles. The SMILES string of the molecule is Nc1cc(NC2CC3CCC(C2)N3)ccc1[N+](=O)[O-]. The van der Waals surface area contributed by atoms with E-state index in [2.05, 4.69) is 10.6 Å². The number of hydrogen-bond acceptors (Lipinski definition) is 5. The number of nitrogens with two attached hydrogens (primary N) is 1. The molecule has 0 aromatic heterocycles. The Kier molecular flexibility index (Phi) is 3.02. The summed E-state index contributed by atoms with van der Waals surface area (Å²) in [5.41, 5.74) is 6.75. The van der Waals surface area contributed by atoms with Crippen molar-refractivity contribution in [3.63, 3.8) is 0 Å². The lowest BCUT2D eigenvalue weighted by molar-refractivity contribution is -0.383. The molecule has 0 aliphatic carbocycles. The summed E-state index contributed by atoms with van der Waals surface area (Å²) in [6.45, 7) is 0. The fraction of sp³-hybridized carbons (Fsp3) is 0.538. The third-order valence-electron chi connectivity index (χ3n) is 4.07. The number of rotatable bonds is 3. The van der Waals surface area contributed by atoms with E-state index in [4.69, 9.17) is 5.73 Å². The van der Waals surface area contributed by atoms with Crippen molar-refractivity contribution in [3.8, 4) is 0 Å². The molecule has 2 unspecified atom stereocenters. The van der Waals surface area contributed by atoms with Crippen LogP contribution in [0.5, 0.6) is 0 Å². The largest absolute Gasteiger partial charge is 0.393 e. The average Bonchev–Trinajstić information content (AvgIpc) is 2.68. The molecule has 0 amide bonds. The smallest absolute Gasteiger partial charge is 0.292 e. The van der Waals surface area contributed by atoms with Gasteiger partial charge in [-0.3, -0.25) is 10.1 Å². The number of fused-ring (bicyclic) bond motifs is 2. The van der Waals surface area contributed by atoms with Gasteiger partial charge in [0.2, 0.25) is 0 Å². The van der Waals surface area contributed by atoms with Gasteiger partial charge in [-0.2, -0.15) is 0 Å². The van der Waals surface area contributed by atoms with E-state index in [9.17, 15) is 10.1 Å². The number of piperidine rings is 1. The number of nitro benzene ring substituents is 1. The van der Waals surface area contributed by atoms with E-state index in [0.29, 0.717) is 18.1 Å². The van der Waals surface area contributed by atoms with Crippen molar-refractivity contribution in [2.75, 3.05) is 11.1 Å². The molecule has 1 aromatic carbocycles. The quantitative estimate of drug-likeness (QED) is 0.439. The molecule has 2 aliphatic rings. The van der Waals surface area contributed by atoms with Crippen molar-refractivity contribution < 1.29 is 4.92 Å². The van der Waals surface area contributed by atoms with Crippen LogP contribution in [0.3, 0.4) is 0 Å². The molecule has 19 heavy (non-hydrogen) atoms. The fourth-order valence-corrected chi connectivity index (χ4v) is 3.22. The Hall–Kier alpha value is -1.82. The Morgan fingerprint density at radius 3 is 2.58 bits per heavy atom. The molecule has 0 radical (unpaired) electrons. The average molecular weight is 262 g/mol. The van der Waals surface area contributed by atoms with Gasteiger partial charge in [0.05, 0.1) is 4.92 Å². The van der Waals surface area contributed by atoms with Gasteiger partial charge in [0.25, 0.3) is 5.69 Å². The molecule has 2 saturated heterocycles. The van der Waals surface area contributed by atoms with Gasteiger partial charge in [0.1, 0.15) is 5.69 Å². The van der Waals surface area contributed by atoms with Crippen LogP contribution in [-0.2, 0) is 0 Å². The predicted octanol–water partition coefficient (Wildman–Crippen LogP) is 1.87. The standard InChI is InChI=1S/C13H18N4O2/c14-12-7-10(3-4-13(12)17(18)19)16-11-5-8-1-2-9(6-11)15-8/h3-4,7-9,11,15-16H,1-2,5-6,14H2. The van der Waals surface area contributed by atoms with E-state index < -0.39 is 4.92 Å². The summed E-state index contributed by atoms with van der Waals surface area (Å²) < 4.78 is 0. The Balaban J connectivity index is 1.70. The summed E-state index contributed by atoms with van der Waals surface area (Å²) in [4.78, 5) is 10.3. The van der Waals surface area contributed by atoms with E-state index >= 15 is 0 Å². The van der Waals surface area contributed by atoms with Crippen molar-refractivity contribution in [2.24, 2.45) is 0 Å². The molecule has 102 valence electrons. The van der Waals surface area contributed by atoms with E-state index in [1.807, 2.05) is 0 Å². The minimum atomic E-state index is -0.454. The molecule has 6 heteroatoms. The van der Waals surface area contributed by atoms with Crippen LogP contribution in [0.4, 0.5) is 17.1 Å². The Bertz CT molecular complexity index is 493. The summed E-state index contributed by atoms with van der Waals surface area (Å²) in [6.07, 6.45) is 4.72. The lowest BCUT2D eigenvalue weighted by Crippen LogP contribution is -2.43. The van der Waals surface area contributed by atoms with Crippen molar-refractivity contribution in [2.45, 2.75) is 43.8 Å². The lowest BCUT2D eigenvalue weighted by Gasteiger charge is -2.30. The van der Waals surface area contributed by atoms with Gasteiger partial charge in [0, 0.05) is 29.9 Å². The summed E-state index contributed by atoms with van der Waals surface area (Å²) in [7, 11) is 0. The van der Waals surface area contributed by atoms with Gasteiger partial charge >= 0.3 is 0 Å². The van der Waals surface area contributed by atoms with E-state index in [1.165, 1.54) is 18.9 Å². The second-order valence-electron chi connectivity index (χ2n) is 5.48. The van der Waals surface area contributed by atoms with E-state index in [-0.39, 0.29) is 11.4 Å². The number of anilines is 2. The van der Waals surface area contributed by atoms with Gasteiger partial charge in [-0.1, -0.05) is 0 Å². The van der Waals surface area contributed by atoms with Crippen LogP contribution in [0.15, 0.2) is 18.2 Å². The zero-order valence-electron chi connectivity index (χ0n) is 10.6. The van der Waals surface area contributed by atoms with Gasteiger partial charge in [0.15, 0.2) is 0 Å².